The van der Waals surface area contributed by atoms with E-state index >= 15 is 0 Å². The molecule has 2 atom stereocenters. The molecule has 0 aliphatic heterocycles. The number of rotatable bonds is 6. The van der Waals surface area contributed by atoms with Crippen LogP contribution in [0.4, 0.5) is 0 Å². The summed E-state index contributed by atoms with van der Waals surface area (Å²) in [5, 5.41) is 0. The topological polar surface area (TPSA) is 61.6 Å². The van der Waals surface area contributed by atoms with E-state index in [0.717, 1.165) is 5.75 Å². The lowest BCUT2D eigenvalue weighted by Crippen LogP contribution is -2.49. The van der Waals surface area contributed by atoms with E-state index in [9.17, 15) is 4.79 Å². The van der Waals surface area contributed by atoms with Crippen LogP contribution < -0.4 is 10.5 Å². The van der Waals surface area contributed by atoms with Gasteiger partial charge in [0.05, 0.1) is 0 Å². The highest BCUT2D eigenvalue weighted by Crippen LogP contribution is 2.27. The van der Waals surface area contributed by atoms with Crippen molar-refractivity contribution in [3.8, 4) is 5.75 Å². The molecule has 112 valence electrons. The van der Waals surface area contributed by atoms with Crippen molar-refractivity contribution < 1.29 is 14.3 Å². The molecule has 4 heteroatoms. The van der Waals surface area contributed by atoms with Crippen LogP contribution in [0.3, 0.4) is 0 Å². The van der Waals surface area contributed by atoms with Gasteiger partial charge in [0.25, 0.3) is 0 Å². The summed E-state index contributed by atoms with van der Waals surface area (Å²) in [4.78, 5) is 11.7. The molecule has 20 heavy (non-hydrogen) atoms. The molecule has 0 amide bonds. The van der Waals surface area contributed by atoms with Gasteiger partial charge in [-0.05, 0) is 38.8 Å². The molecule has 0 heterocycles. The molecule has 0 spiro atoms. The number of carbonyl (C=O) groups is 1. The highest BCUT2D eigenvalue weighted by Gasteiger charge is 2.38. The zero-order valence-electron chi connectivity index (χ0n) is 12.9. The number of esters is 1. The van der Waals surface area contributed by atoms with Crippen molar-refractivity contribution >= 4 is 5.97 Å². The number of carbonyl (C=O) groups excluding carboxylic acids is 1. The van der Waals surface area contributed by atoms with Gasteiger partial charge in [-0.3, -0.25) is 4.79 Å². The molecule has 1 aromatic carbocycles. The maximum absolute atomic E-state index is 11.7. The summed E-state index contributed by atoms with van der Waals surface area (Å²) in [5.41, 5.74) is 4.80. The normalized spacial score (nSPS) is 14.8. The minimum Gasteiger partial charge on any atom is -0.486 e. The third-order valence-corrected chi connectivity index (χ3v) is 3.03. The number of nitrogens with two attached hydrogens (primary N) is 1. The first kappa shape index (κ1) is 16.5. The van der Waals surface area contributed by atoms with Gasteiger partial charge in [0.2, 0.25) is 0 Å². The Labute approximate surface area is 121 Å². The molecule has 0 aromatic heterocycles. The van der Waals surface area contributed by atoms with Crippen LogP contribution in [0.1, 0.15) is 34.6 Å². The Bertz CT molecular complexity index is 427. The van der Waals surface area contributed by atoms with Crippen LogP contribution in [0.25, 0.3) is 0 Å². The van der Waals surface area contributed by atoms with E-state index in [1.165, 1.54) is 0 Å². The summed E-state index contributed by atoms with van der Waals surface area (Å²) in [7, 11) is 0. The standard InChI is InChI=1S/C16H25NO3/c1-11(2)14(19-13-9-7-6-8-10-13)16(4,5)20-15(18)12(3)17/h6-12,14H,17H2,1-5H3. The second-order valence-corrected chi connectivity index (χ2v) is 5.91. The fourth-order valence-corrected chi connectivity index (χ4v) is 2.14. The van der Waals surface area contributed by atoms with Crippen molar-refractivity contribution in [2.45, 2.75) is 52.4 Å². The molecule has 1 aromatic rings. The van der Waals surface area contributed by atoms with Gasteiger partial charge in [-0.25, -0.2) is 0 Å². The lowest BCUT2D eigenvalue weighted by Gasteiger charge is -2.37. The summed E-state index contributed by atoms with van der Waals surface area (Å²) in [5.74, 6) is 0.527. The van der Waals surface area contributed by atoms with E-state index in [1.54, 1.807) is 6.92 Å². The van der Waals surface area contributed by atoms with E-state index in [0.29, 0.717) is 0 Å². The SMILES string of the molecule is CC(N)C(=O)OC(C)(C)C(Oc1ccccc1)C(C)C. The Hall–Kier alpha value is -1.55. The van der Waals surface area contributed by atoms with Crippen molar-refractivity contribution in [3.05, 3.63) is 30.3 Å². The van der Waals surface area contributed by atoms with Crippen LogP contribution >= 0.6 is 0 Å². The van der Waals surface area contributed by atoms with Crippen molar-refractivity contribution in [2.75, 3.05) is 0 Å². The molecule has 0 bridgehead atoms. The summed E-state index contributed by atoms with van der Waals surface area (Å²) >= 11 is 0. The smallest absolute Gasteiger partial charge is 0.323 e. The van der Waals surface area contributed by atoms with Crippen LogP contribution in [0.15, 0.2) is 30.3 Å². The van der Waals surface area contributed by atoms with E-state index in [1.807, 2.05) is 58.0 Å². The Kier molecular flexibility index (Phi) is 5.57. The molecular weight excluding hydrogens is 254 g/mol. The van der Waals surface area contributed by atoms with Crippen LogP contribution in [-0.2, 0) is 9.53 Å². The Morgan fingerprint density at radius 1 is 1.15 bits per heavy atom. The third-order valence-electron chi connectivity index (χ3n) is 3.03. The first-order chi connectivity index (χ1) is 9.24. The average molecular weight is 279 g/mol. The Morgan fingerprint density at radius 2 is 1.70 bits per heavy atom. The van der Waals surface area contributed by atoms with Crippen LogP contribution in [0.5, 0.6) is 5.75 Å². The molecule has 1 rings (SSSR count). The van der Waals surface area contributed by atoms with Crippen LogP contribution in [-0.4, -0.2) is 23.7 Å². The maximum Gasteiger partial charge on any atom is 0.323 e. The van der Waals surface area contributed by atoms with E-state index in [-0.39, 0.29) is 12.0 Å². The zero-order valence-corrected chi connectivity index (χ0v) is 12.9. The summed E-state index contributed by atoms with van der Waals surface area (Å²) in [6, 6.07) is 8.89. The van der Waals surface area contributed by atoms with E-state index in [4.69, 9.17) is 15.2 Å². The highest BCUT2D eigenvalue weighted by atomic mass is 16.6. The molecule has 4 nitrogen and oxygen atoms in total. The third kappa shape index (κ3) is 4.53. The van der Waals surface area contributed by atoms with Crippen molar-refractivity contribution in [1.29, 1.82) is 0 Å². The Balaban J connectivity index is 2.86. The minimum atomic E-state index is -0.755. The molecular formula is C16H25NO3. The van der Waals surface area contributed by atoms with Crippen molar-refractivity contribution in [1.82, 2.24) is 0 Å². The largest absolute Gasteiger partial charge is 0.486 e. The summed E-state index contributed by atoms with van der Waals surface area (Å²) in [6.45, 7) is 9.38. The molecule has 0 saturated heterocycles. The van der Waals surface area contributed by atoms with E-state index in [2.05, 4.69) is 0 Å². The van der Waals surface area contributed by atoms with Gasteiger partial charge in [0.1, 0.15) is 23.5 Å². The van der Waals surface area contributed by atoms with Crippen molar-refractivity contribution in [3.63, 3.8) is 0 Å². The number of hydrogen-bond acceptors (Lipinski definition) is 4. The quantitative estimate of drug-likeness (QED) is 0.813. The summed E-state index contributed by atoms with van der Waals surface area (Å²) in [6.07, 6.45) is -0.257. The van der Waals surface area contributed by atoms with Gasteiger partial charge in [0, 0.05) is 0 Å². The molecule has 2 unspecified atom stereocenters. The molecule has 0 fully saturated rings. The average Bonchev–Trinajstić information content (AvgIpc) is 2.36. The van der Waals surface area contributed by atoms with Gasteiger partial charge < -0.3 is 15.2 Å². The minimum absolute atomic E-state index is 0.186. The van der Waals surface area contributed by atoms with Crippen molar-refractivity contribution in [2.24, 2.45) is 11.7 Å². The second-order valence-electron chi connectivity index (χ2n) is 5.91. The predicted octanol–water partition coefficient (Wildman–Crippen LogP) is 2.76. The van der Waals surface area contributed by atoms with E-state index < -0.39 is 17.6 Å². The molecule has 0 radical (unpaired) electrons. The number of para-hydroxylation sites is 1. The van der Waals surface area contributed by atoms with Gasteiger partial charge >= 0.3 is 5.97 Å². The van der Waals surface area contributed by atoms with Crippen LogP contribution in [0, 0.1) is 5.92 Å². The molecule has 2 N–H and O–H groups in total. The van der Waals surface area contributed by atoms with Crippen LogP contribution in [0.2, 0.25) is 0 Å². The van der Waals surface area contributed by atoms with Gasteiger partial charge in [-0.1, -0.05) is 32.0 Å². The molecule has 0 aliphatic rings. The maximum atomic E-state index is 11.7. The lowest BCUT2D eigenvalue weighted by molar-refractivity contribution is -0.169. The fraction of sp³-hybridized carbons (Fsp3) is 0.562. The lowest BCUT2D eigenvalue weighted by atomic mass is 9.91. The van der Waals surface area contributed by atoms with Gasteiger partial charge in [-0.15, -0.1) is 0 Å². The number of benzene rings is 1. The highest BCUT2D eigenvalue weighted by molar-refractivity contribution is 5.75. The molecule has 0 aliphatic carbocycles. The van der Waals surface area contributed by atoms with Gasteiger partial charge in [-0.2, -0.15) is 0 Å². The first-order valence-electron chi connectivity index (χ1n) is 6.94. The summed E-state index contributed by atoms with van der Waals surface area (Å²) < 4.78 is 11.5. The molecule has 0 saturated carbocycles. The Morgan fingerprint density at radius 3 is 2.15 bits per heavy atom. The predicted molar refractivity (Wildman–Crippen MR) is 79.5 cm³/mol. The first-order valence-corrected chi connectivity index (χ1v) is 6.94. The second kappa shape index (κ2) is 6.75. The number of hydrogen-bond donors (Lipinski definition) is 1. The zero-order chi connectivity index (χ0) is 15.3. The number of ether oxygens (including phenoxy) is 2. The van der Waals surface area contributed by atoms with Gasteiger partial charge in [0.15, 0.2) is 0 Å². The fourth-order valence-electron chi connectivity index (χ4n) is 2.14. The monoisotopic (exact) mass is 279 g/mol.